The number of piperidine rings is 1. The third kappa shape index (κ3) is 4.16. The lowest BCUT2D eigenvalue weighted by Crippen LogP contribution is -2.46. The van der Waals surface area contributed by atoms with Crippen LogP contribution < -0.4 is 5.32 Å². The Morgan fingerprint density at radius 3 is 2.75 bits per heavy atom. The van der Waals surface area contributed by atoms with E-state index in [9.17, 15) is 4.79 Å². The zero-order valence-electron chi connectivity index (χ0n) is 12.5. The first-order valence-corrected chi connectivity index (χ1v) is 8.20. The van der Waals surface area contributed by atoms with E-state index in [1.165, 1.54) is 0 Å². The summed E-state index contributed by atoms with van der Waals surface area (Å²) >= 11 is 1.81. The predicted octanol–water partition coefficient (Wildman–Crippen LogP) is 2.34. The van der Waals surface area contributed by atoms with Gasteiger partial charge in [-0.2, -0.15) is 0 Å². The van der Waals surface area contributed by atoms with Crippen LogP contribution >= 0.6 is 11.8 Å². The Labute approximate surface area is 125 Å². The number of thioether (sulfide) groups is 1. The number of nitrogens with one attached hydrogen (secondary N) is 1. The van der Waals surface area contributed by atoms with Gasteiger partial charge in [0.05, 0.1) is 0 Å². The molecule has 1 N–H and O–H groups in total. The van der Waals surface area contributed by atoms with Gasteiger partial charge in [-0.15, -0.1) is 0 Å². The number of nitrogens with zero attached hydrogens (tertiary/aromatic N) is 3. The van der Waals surface area contributed by atoms with Gasteiger partial charge in [0.25, 0.3) is 0 Å². The normalized spacial score (nSPS) is 16.7. The van der Waals surface area contributed by atoms with Gasteiger partial charge in [0.15, 0.2) is 5.16 Å². The van der Waals surface area contributed by atoms with Gasteiger partial charge < -0.3 is 14.8 Å². The second kappa shape index (κ2) is 7.02. The first-order chi connectivity index (χ1) is 9.56. The molecule has 0 aromatic carbocycles. The molecular weight excluding hydrogens is 272 g/mol. The van der Waals surface area contributed by atoms with E-state index in [-0.39, 0.29) is 12.1 Å². The lowest BCUT2D eigenvalue weighted by Gasteiger charge is -2.32. The van der Waals surface area contributed by atoms with E-state index in [2.05, 4.69) is 14.9 Å². The van der Waals surface area contributed by atoms with Crippen molar-refractivity contribution in [3.63, 3.8) is 0 Å². The zero-order chi connectivity index (χ0) is 14.5. The molecule has 1 fully saturated rings. The molecule has 1 aliphatic heterocycles. The molecule has 6 heteroatoms. The zero-order valence-corrected chi connectivity index (χ0v) is 13.3. The maximum absolute atomic E-state index is 11.9. The number of urea groups is 1. The number of carbonyl (C=O) groups excluding carboxylic acids is 1. The second-order valence-corrected chi connectivity index (χ2v) is 6.65. The molecule has 112 valence electrons. The Kier molecular flexibility index (Phi) is 5.34. The number of amides is 2. The maximum Gasteiger partial charge on any atom is 0.317 e. The van der Waals surface area contributed by atoms with Gasteiger partial charge in [0, 0.05) is 44.3 Å². The molecule has 2 amide bonds. The number of carbonyl (C=O) groups is 1. The third-order valence-electron chi connectivity index (χ3n) is 3.54. The van der Waals surface area contributed by atoms with Crippen molar-refractivity contribution in [3.05, 3.63) is 12.4 Å². The number of likely N-dealkylation sites (tertiary alicyclic amines) is 1. The van der Waals surface area contributed by atoms with E-state index in [0.29, 0.717) is 5.92 Å². The standard InChI is InChI=1S/C14H24N4OS/c1-11(2)16-13(19)18-7-4-12(5-8-18)10-20-14-15-6-9-17(14)3/h6,9,11-12H,4-5,7-8,10H2,1-3H3,(H,16,19). The Morgan fingerprint density at radius 2 is 2.20 bits per heavy atom. The van der Waals surface area contributed by atoms with E-state index < -0.39 is 0 Å². The van der Waals surface area contributed by atoms with Crippen LogP contribution in [0, 0.1) is 5.92 Å². The van der Waals surface area contributed by atoms with Crippen LogP contribution in [0.5, 0.6) is 0 Å². The Morgan fingerprint density at radius 1 is 1.50 bits per heavy atom. The molecule has 2 heterocycles. The van der Waals surface area contributed by atoms with Gasteiger partial charge in [0.1, 0.15) is 0 Å². The molecule has 5 nitrogen and oxygen atoms in total. The molecule has 0 aliphatic carbocycles. The topological polar surface area (TPSA) is 50.2 Å². The number of rotatable bonds is 4. The fourth-order valence-corrected chi connectivity index (χ4v) is 3.44. The molecule has 2 rings (SSSR count). The number of hydrogen-bond donors (Lipinski definition) is 1. The van der Waals surface area contributed by atoms with Gasteiger partial charge in [-0.1, -0.05) is 11.8 Å². The van der Waals surface area contributed by atoms with Crippen molar-refractivity contribution in [2.75, 3.05) is 18.8 Å². The summed E-state index contributed by atoms with van der Waals surface area (Å²) in [5, 5.41) is 4.03. The van der Waals surface area contributed by atoms with Crippen molar-refractivity contribution in [1.82, 2.24) is 19.8 Å². The summed E-state index contributed by atoms with van der Waals surface area (Å²) in [6.07, 6.45) is 5.98. The molecule has 0 atom stereocenters. The van der Waals surface area contributed by atoms with Crippen LogP contribution in [0.15, 0.2) is 17.6 Å². The lowest BCUT2D eigenvalue weighted by molar-refractivity contribution is 0.172. The van der Waals surface area contributed by atoms with Crippen LogP contribution in [0.4, 0.5) is 4.79 Å². The molecule has 0 radical (unpaired) electrons. The molecule has 0 saturated carbocycles. The van der Waals surface area contributed by atoms with Gasteiger partial charge in [-0.3, -0.25) is 0 Å². The Hall–Kier alpha value is -1.17. The predicted molar refractivity (Wildman–Crippen MR) is 81.9 cm³/mol. The van der Waals surface area contributed by atoms with Crippen LogP contribution in [-0.2, 0) is 7.05 Å². The SMILES string of the molecule is CC(C)NC(=O)N1CCC(CSc2nccn2C)CC1. The minimum absolute atomic E-state index is 0.0789. The highest BCUT2D eigenvalue weighted by Gasteiger charge is 2.23. The number of hydrogen-bond acceptors (Lipinski definition) is 3. The van der Waals surface area contributed by atoms with Gasteiger partial charge >= 0.3 is 6.03 Å². The fraction of sp³-hybridized carbons (Fsp3) is 0.714. The maximum atomic E-state index is 11.9. The van der Waals surface area contributed by atoms with Crippen LogP contribution in [-0.4, -0.2) is 45.4 Å². The summed E-state index contributed by atoms with van der Waals surface area (Å²) in [6, 6.07) is 0.286. The van der Waals surface area contributed by atoms with Crippen molar-refractivity contribution in [1.29, 1.82) is 0 Å². The van der Waals surface area contributed by atoms with E-state index >= 15 is 0 Å². The third-order valence-corrected chi connectivity index (χ3v) is 4.83. The average Bonchev–Trinajstić information content (AvgIpc) is 2.82. The summed E-state index contributed by atoms with van der Waals surface area (Å²) in [5.74, 6) is 1.77. The van der Waals surface area contributed by atoms with Crippen LogP contribution in [0.25, 0.3) is 0 Å². The largest absolute Gasteiger partial charge is 0.336 e. The van der Waals surface area contributed by atoms with E-state index in [0.717, 1.165) is 36.8 Å². The highest BCUT2D eigenvalue weighted by Crippen LogP contribution is 2.25. The van der Waals surface area contributed by atoms with Crippen LogP contribution in [0.1, 0.15) is 26.7 Å². The van der Waals surface area contributed by atoms with Gasteiger partial charge in [-0.25, -0.2) is 9.78 Å². The number of aryl methyl sites for hydroxylation is 1. The lowest BCUT2D eigenvalue weighted by atomic mass is 9.99. The summed E-state index contributed by atoms with van der Waals surface area (Å²) in [5.41, 5.74) is 0. The highest BCUT2D eigenvalue weighted by molar-refractivity contribution is 7.99. The molecule has 0 bridgehead atoms. The number of aromatic nitrogens is 2. The van der Waals surface area contributed by atoms with E-state index in [1.807, 2.05) is 50.0 Å². The highest BCUT2D eigenvalue weighted by atomic mass is 32.2. The van der Waals surface area contributed by atoms with Crippen molar-refractivity contribution in [3.8, 4) is 0 Å². The quantitative estimate of drug-likeness (QED) is 0.868. The van der Waals surface area contributed by atoms with E-state index in [1.54, 1.807) is 0 Å². The molecule has 0 spiro atoms. The fourth-order valence-electron chi connectivity index (χ4n) is 2.32. The van der Waals surface area contributed by atoms with E-state index in [4.69, 9.17) is 0 Å². The van der Waals surface area contributed by atoms with Crippen LogP contribution in [0.2, 0.25) is 0 Å². The molecule has 0 unspecified atom stereocenters. The smallest absolute Gasteiger partial charge is 0.317 e. The van der Waals surface area contributed by atoms with Gasteiger partial charge in [-0.05, 0) is 32.6 Å². The molecule has 1 aliphatic rings. The number of imidazole rings is 1. The summed E-state index contributed by atoms with van der Waals surface area (Å²) in [7, 11) is 2.02. The van der Waals surface area contributed by atoms with Gasteiger partial charge in [0.2, 0.25) is 0 Å². The van der Waals surface area contributed by atoms with Crippen LogP contribution in [0.3, 0.4) is 0 Å². The van der Waals surface area contributed by atoms with Crippen molar-refractivity contribution in [2.45, 2.75) is 37.9 Å². The monoisotopic (exact) mass is 296 g/mol. The summed E-state index contributed by atoms with van der Waals surface area (Å²) in [4.78, 5) is 18.2. The summed E-state index contributed by atoms with van der Waals surface area (Å²) in [6.45, 7) is 5.72. The molecule has 1 saturated heterocycles. The first kappa shape index (κ1) is 15.2. The molecular formula is C14H24N4OS. The molecule has 1 aromatic heterocycles. The minimum atomic E-state index is 0.0789. The average molecular weight is 296 g/mol. The first-order valence-electron chi connectivity index (χ1n) is 7.22. The summed E-state index contributed by atoms with van der Waals surface area (Å²) < 4.78 is 2.05. The molecule has 20 heavy (non-hydrogen) atoms. The van der Waals surface area contributed by atoms with Crippen molar-refractivity contribution in [2.24, 2.45) is 13.0 Å². The molecule has 1 aromatic rings. The second-order valence-electron chi connectivity index (χ2n) is 5.67. The van der Waals surface area contributed by atoms with Crippen molar-refractivity contribution >= 4 is 17.8 Å². The minimum Gasteiger partial charge on any atom is -0.336 e. The Balaban J connectivity index is 1.72. The Bertz CT molecular complexity index is 438. The van der Waals surface area contributed by atoms with Crippen molar-refractivity contribution < 1.29 is 4.79 Å².